The summed E-state index contributed by atoms with van der Waals surface area (Å²) < 4.78 is 54.6. The molecule has 5 rings (SSSR count). The first-order valence-corrected chi connectivity index (χ1v) is 16.9. The van der Waals surface area contributed by atoms with Crippen molar-refractivity contribution in [3.63, 3.8) is 0 Å². The molecular formula is C36H38FN3O6S. The van der Waals surface area contributed by atoms with E-state index in [-0.39, 0.29) is 35.4 Å². The van der Waals surface area contributed by atoms with Crippen LogP contribution >= 0.6 is 0 Å². The molecule has 0 saturated carbocycles. The number of carbonyl (C=O) groups is 2. The summed E-state index contributed by atoms with van der Waals surface area (Å²) in [5.41, 5.74) is 1.58. The van der Waals surface area contributed by atoms with Gasteiger partial charge in [-0.1, -0.05) is 74.5 Å². The van der Waals surface area contributed by atoms with E-state index in [1.807, 2.05) is 44.2 Å². The van der Waals surface area contributed by atoms with Crippen molar-refractivity contribution in [1.82, 2.24) is 10.2 Å². The molecule has 0 saturated heterocycles. The van der Waals surface area contributed by atoms with Gasteiger partial charge in [-0.2, -0.15) is 0 Å². The molecule has 1 heterocycles. The summed E-state index contributed by atoms with van der Waals surface area (Å²) in [5.74, 6) is -0.474. The van der Waals surface area contributed by atoms with Crippen molar-refractivity contribution < 1.29 is 31.9 Å². The summed E-state index contributed by atoms with van der Waals surface area (Å²) in [6.45, 7) is 4.28. The first kappa shape index (κ1) is 33.5. The Hall–Kier alpha value is -4.90. The van der Waals surface area contributed by atoms with Crippen LogP contribution in [0, 0.1) is 11.7 Å². The quantitative estimate of drug-likeness (QED) is 0.212. The van der Waals surface area contributed by atoms with Crippen LogP contribution in [0.5, 0.6) is 11.5 Å². The van der Waals surface area contributed by atoms with Crippen molar-refractivity contribution in [3.8, 4) is 11.5 Å². The molecule has 47 heavy (non-hydrogen) atoms. The second-order valence-corrected chi connectivity index (χ2v) is 13.5. The molecule has 1 aliphatic rings. The van der Waals surface area contributed by atoms with E-state index in [9.17, 15) is 22.4 Å². The third-order valence-corrected chi connectivity index (χ3v) is 9.43. The highest BCUT2D eigenvalue weighted by Crippen LogP contribution is 2.36. The molecule has 0 fully saturated rings. The second-order valence-electron chi connectivity index (χ2n) is 11.6. The number of nitrogens with zero attached hydrogens (tertiary/aromatic N) is 2. The highest BCUT2D eigenvalue weighted by molar-refractivity contribution is 7.92. The van der Waals surface area contributed by atoms with Gasteiger partial charge >= 0.3 is 0 Å². The lowest BCUT2D eigenvalue weighted by atomic mass is 10.0. The Bertz CT molecular complexity index is 1770. The Morgan fingerprint density at radius 3 is 2.13 bits per heavy atom. The van der Waals surface area contributed by atoms with Gasteiger partial charge in [0.05, 0.1) is 10.6 Å². The third-order valence-electron chi connectivity index (χ3n) is 7.65. The Labute approximate surface area is 275 Å². The zero-order chi connectivity index (χ0) is 33.4. The summed E-state index contributed by atoms with van der Waals surface area (Å²) in [7, 11) is -4.27. The lowest BCUT2D eigenvalue weighted by Gasteiger charge is -2.34. The first-order valence-electron chi connectivity index (χ1n) is 15.4. The van der Waals surface area contributed by atoms with Gasteiger partial charge in [-0.3, -0.25) is 13.9 Å². The number of rotatable bonds is 13. The fourth-order valence-electron chi connectivity index (χ4n) is 5.20. The van der Waals surface area contributed by atoms with E-state index < -0.39 is 34.3 Å². The van der Waals surface area contributed by atoms with Crippen molar-refractivity contribution in [2.45, 2.75) is 37.8 Å². The van der Waals surface area contributed by atoms with Crippen molar-refractivity contribution in [2.24, 2.45) is 5.92 Å². The number of nitrogens with one attached hydrogen (secondary N) is 1. The number of sulfonamides is 1. The number of carbonyl (C=O) groups excluding carboxylic acids is 2. The second kappa shape index (κ2) is 15.1. The van der Waals surface area contributed by atoms with E-state index in [4.69, 9.17) is 9.47 Å². The minimum absolute atomic E-state index is 0.0108. The van der Waals surface area contributed by atoms with Crippen LogP contribution in [-0.4, -0.2) is 57.5 Å². The number of benzene rings is 4. The van der Waals surface area contributed by atoms with E-state index in [0.29, 0.717) is 36.8 Å². The molecule has 0 aromatic heterocycles. The predicted octanol–water partition coefficient (Wildman–Crippen LogP) is 5.20. The van der Waals surface area contributed by atoms with Crippen LogP contribution in [0.15, 0.2) is 108 Å². The molecule has 1 N–H and O–H groups in total. The fraction of sp³-hybridized carbons (Fsp3) is 0.278. The topological polar surface area (TPSA) is 105 Å². The smallest absolute Gasteiger partial charge is 0.264 e. The maximum Gasteiger partial charge on any atom is 0.264 e. The third kappa shape index (κ3) is 8.48. The number of hydrogen-bond donors (Lipinski definition) is 1. The standard InChI is InChI=1S/C36H38FN3O6S/c1-26(2)23-38-36(42)32(21-27-9-5-3-6-10-27)39(24-28-13-15-29(37)16-14-28)35(41)25-40(47(43,44)31-11-7-4-8-12-31)30-17-18-33-34(22-30)46-20-19-45-33/h3-18,22,26,32H,19-21,23-25H2,1-2H3,(H,38,42)/t32-/m0/s1. The summed E-state index contributed by atoms with van der Waals surface area (Å²) in [4.78, 5) is 29.8. The predicted molar refractivity (Wildman–Crippen MR) is 177 cm³/mol. The minimum atomic E-state index is -4.27. The molecule has 0 aliphatic carbocycles. The van der Waals surface area contributed by atoms with E-state index in [0.717, 1.165) is 9.87 Å². The van der Waals surface area contributed by atoms with Crippen molar-refractivity contribution in [2.75, 3.05) is 30.6 Å². The molecule has 4 aromatic carbocycles. The molecule has 0 bridgehead atoms. The van der Waals surface area contributed by atoms with Crippen LogP contribution in [0.3, 0.4) is 0 Å². The normalized spacial score (nSPS) is 13.1. The SMILES string of the molecule is CC(C)CNC(=O)[C@H](Cc1ccccc1)N(Cc1ccc(F)cc1)C(=O)CN(c1ccc2c(c1)OCCO2)S(=O)(=O)c1ccccc1. The van der Waals surface area contributed by atoms with Crippen molar-refractivity contribution in [1.29, 1.82) is 0 Å². The van der Waals surface area contributed by atoms with E-state index >= 15 is 0 Å². The van der Waals surface area contributed by atoms with Gasteiger partial charge in [-0.15, -0.1) is 0 Å². The lowest BCUT2D eigenvalue weighted by Crippen LogP contribution is -2.53. The molecule has 246 valence electrons. The molecule has 4 aromatic rings. The Morgan fingerprint density at radius 2 is 1.47 bits per heavy atom. The van der Waals surface area contributed by atoms with Gasteiger partial charge in [0, 0.05) is 25.6 Å². The number of amides is 2. The summed E-state index contributed by atoms with van der Waals surface area (Å²) in [6.07, 6.45) is 0.174. The maximum absolute atomic E-state index is 14.5. The van der Waals surface area contributed by atoms with E-state index in [1.165, 1.54) is 35.2 Å². The molecule has 1 aliphatic heterocycles. The highest BCUT2D eigenvalue weighted by atomic mass is 32.2. The van der Waals surface area contributed by atoms with Gasteiger partial charge in [0.2, 0.25) is 11.8 Å². The number of ether oxygens (including phenoxy) is 2. The average Bonchev–Trinajstić information content (AvgIpc) is 3.09. The number of hydrogen-bond acceptors (Lipinski definition) is 6. The van der Waals surface area contributed by atoms with Crippen LogP contribution in [0.2, 0.25) is 0 Å². The van der Waals surface area contributed by atoms with Gasteiger partial charge in [0.1, 0.15) is 31.6 Å². The Morgan fingerprint density at radius 1 is 0.830 bits per heavy atom. The Balaban J connectivity index is 1.57. The molecule has 0 unspecified atom stereocenters. The van der Waals surface area contributed by atoms with Crippen LogP contribution in [0.4, 0.5) is 10.1 Å². The molecule has 11 heteroatoms. The minimum Gasteiger partial charge on any atom is -0.486 e. The zero-order valence-electron chi connectivity index (χ0n) is 26.3. The van der Waals surface area contributed by atoms with Crippen molar-refractivity contribution >= 4 is 27.5 Å². The first-order chi connectivity index (χ1) is 22.6. The van der Waals surface area contributed by atoms with Crippen LogP contribution < -0.4 is 19.1 Å². The maximum atomic E-state index is 14.5. The van der Waals surface area contributed by atoms with Crippen LogP contribution in [0.25, 0.3) is 0 Å². The number of halogens is 1. The van der Waals surface area contributed by atoms with Gasteiger partial charge in [0.15, 0.2) is 11.5 Å². The highest BCUT2D eigenvalue weighted by Gasteiger charge is 2.35. The van der Waals surface area contributed by atoms with E-state index in [2.05, 4.69) is 5.32 Å². The van der Waals surface area contributed by atoms with E-state index in [1.54, 1.807) is 42.5 Å². The number of anilines is 1. The molecule has 1 atom stereocenters. The van der Waals surface area contributed by atoms with Gasteiger partial charge in [-0.25, -0.2) is 12.8 Å². The molecule has 2 amide bonds. The summed E-state index contributed by atoms with van der Waals surface area (Å²) in [5, 5.41) is 2.95. The van der Waals surface area contributed by atoms with Crippen LogP contribution in [-0.2, 0) is 32.6 Å². The largest absolute Gasteiger partial charge is 0.486 e. The Kier molecular flexibility index (Phi) is 10.8. The van der Waals surface area contributed by atoms with Gasteiger partial charge in [0.25, 0.3) is 10.0 Å². The molecule has 0 spiro atoms. The van der Waals surface area contributed by atoms with Crippen LogP contribution in [0.1, 0.15) is 25.0 Å². The molecule has 0 radical (unpaired) electrons. The summed E-state index contributed by atoms with van der Waals surface area (Å²) >= 11 is 0. The molecule has 9 nitrogen and oxygen atoms in total. The fourth-order valence-corrected chi connectivity index (χ4v) is 6.63. The zero-order valence-corrected chi connectivity index (χ0v) is 27.2. The van der Waals surface area contributed by atoms with Crippen molar-refractivity contribution in [3.05, 3.63) is 120 Å². The average molecular weight is 660 g/mol. The monoisotopic (exact) mass is 659 g/mol. The summed E-state index contributed by atoms with van der Waals surface area (Å²) in [6, 6.07) is 26.4. The molecular weight excluding hydrogens is 621 g/mol. The number of fused-ring (bicyclic) bond motifs is 1. The van der Waals surface area contributed by atoms with Gasteiger partial charge < -0.3 is 19.7 Å². The lowest BCUT2D eigenvalue weighted by molar-refractivity contribution is -0.140. The van der Waals surface area contributed by atoms with Gasteiger partial charge in [-0.05, 0) is 53.4 Å².